The molecule has 3 nitrogen and oxygen atoms in total. The first-order valence-corrected chi connectivity index (χ1v) is 4.22. The number of rotatable bonds is 3. The minimum Gasteiger partial charge on any atom is -0.290 e. The minimum absolute atomic E-state index is 0.300. The van der Waals surface area contributed by atoms with Gasteiger partial charge in [0.05, 0.1) is 0 Å². The predicted octanol–water partition coefficient (Wildman–Crippen LogP) is 1.69. The lowest BCUT2D eigenvalue weighted by Gasteiger charge is -1.96. The Morgan fingerprint density at radius 2 is 2.00 bits per heavy atom. The van der Waals surface area contributed by atoms with Gasteiger partial charge in [-0.2, -0.15) is 0 Å². The zero-order valence-electron chi connectivity index (χ0n) is 8.50. The average Bonchev–Trinajstić information content (AvgIpc) is 2.21. The first-order chi connectivity index (χ1) is 6.26. The van der Waals surface area contributed by atoms with Crippen LogP contribution in [0.3, 0.4) is 0 Å². The molecule has 0 unspecified atom stereocenters. The Labute approximate surface area is 80.0 Å². The lowest BCUT2D eigenvalue weighted by atomic mass is 10.2. The van der Waals surface area contributed by atoms with Crippen molar-refractivity contribution < 1.29 is 4.79 Å². The molecular formula is C10H18N2O. The Kier molecular flexibility index (Phi) is 11.6. The van der Waals surface area contributed by atoms with Gasteiger partial charge in [0.1, 0.15) is 0 Å². The van der Waals surface area contributed by atoms with Gasteiger partial charge in [-0.15, -0.1) is 0 Å². The highest BCUT2D eigenvalue weighted by Crippen LogP contribution is 1.95. The van der Waals surface area contributed by atoms with E-state index in [0.29, 0.717) is 5.57 Å². The Morgan fingerprint density at radius 3 is 2.31 bits per heavy atom. The van der Waals surface area contributed by atoms with Gasteiger partial charge in [0.15, 0.2) is 0 Å². The summed E-state index contributed by atoms with van der Waals surface area (Å²) in [4.78, 5) is 10.9. The summed E-state index contributed by atoms with van der Waals surface area (Å²) in [7, 11) is 0. The highest BCUT2D eigenvalue weighted by molar-refractivity contribution is 5.95. The third-order valence-electron chi connectivity index (χ3n) is 1.12. The van der Waals surface area contributed by atoms with E-state index in [0.717, 1.165) is 0 Å². The molecule has 0 bridgehead atoms. The van der Waals surface area contributed by atoms with Crippen molar-refractivity contribution in [1.29, 1.82) is 0 Å². The number of allylic oxidation sites excluding steroid dienone is 3. The maximum Gasteiger partial charge on any atom is 0.264 e. The van der Waals surface area contributed by atoms with Crippen molar-refractivity contribution in [1.82, 2.24) is 5.43 Å². The van der Waals surface area contributed by atoms with Crippen LogP contribution < -0.4 is 11.3 Å². The number of nitrogens with two attached hydrogens (primary N) is 1. The largest absolute Gasteiger partial charge is 0.290 e. The van der Waals surface area contributed by atoms with E-state index in [4.69, 9.17) is 5.84 Å². The van der Waals surface area contributed by atoms with E-state index in [1.807, 2.05) is 19.3 Å². The maximum atomic E-state index is 10.9. The molecule has 0 aromatic carbocycles. The van der Waals surface area contributed by atoms with Crippen molar-refractivity contribution in [3.63, 3.8) is 0 Å². The van der Waals surface area contributed by atoms with E-state index in [9.17, 15) is 4.79 Å². The SMILES string of the molecule is C=C/C=C\C(=C/C)C(=O)NN.CC. The fourth-order valence-electron chi connectivity index (χ4n) is 0.558. The molecule has 0 aliphatic carbocycles. The molecule has 0 heterocycles. The molecular weight excluding hydrogens is 164 g/mol. The monoisotopic (exact) mass is 182 g/mol. The van der Waals surface area contributed by atoms with Gasteiger partial charge in [0.25, 0.3) is 5.91 Å². The van der Waals surface area contributed by atoms with Crippen LogP contribution in [0, 0.1) is 0 Å². The van der Waals surface area contributed by atoms with Gasteiger partial charge in [-0.3, -0.25) is 10.2 Å². The Hall–Kier alpha value is -1.35. The maximum absolute atomic E-state index is 10.9. The van der Waals surface area contributed by atoms with Crippen LogP contribution in [0.5, 0.6) is 0 Å². The third kappa shape index (κ3) is 7.03. The predicted molar refractivity (Wildman–Crippen MR) is 56.8 cm³/mol. The second-order valence-corrected chi connectivity index (χ2v) is 1.81. The Bertz CT molecular complexity index is 205. The van der Waals surface area contributed by atoms with Crippen LogP contribution in [0.1, 0.15) is 20.8 Å². The summed E-state index contributed by atoms with van der Waals surface area (Å²) < 4.78 is 0. The molecule has 0 saturated carbocycles. The Morgan fingerprint density at radius 1 is 1.46 bits per heavy atom. The van der Waals surface area contributed by atoms with Crippen LogP contribution in [0.25, 0.3) is 0 Å². The summed E-state index contributed by atoms with van der Waals surface area (Å²) in [5.41, 5.74) is 2.55. The van der Waals surface area contributed by atoms with Gasteiger partial charge >= 0.3 is 0 Å². The average molecular weight is 182 g/mol. The van der Waals surface area contributed by atoms with E-state index >= 15 is 0 Å². The lowest BCUT2D eigenvalue weighted by molar-refractivity contribution is -0.117. The molecule has 1 amide bonds. The van der Waals surface area contributed by atoms with E-state index < -0.39 is 0 Å². The number of hydrogen-bond donors (Lipinski definition) is 2. The first-order valence-electron chi connectivity index (χ1n) is 4.22. The third-order valence-corrected chi connectivity index (χ3v) is 1.12. The first kappa shape index (κ1) is 14.2. The quantitative estimate of drug-likeness (QED) is 0.229. The smallest absolute Gasteiger partial charge is 0.264 e. The molecule has 0 radical (unpaired) electrons. The molecule has 13 heavy (non-hydrogen) atoms. The van der Waals surface area contributed by atoms with Crippen LogP contribution in [0.4, 0.5) is 0 Å². The summed E-state index contributed by atoms with van der Waals surface area (Å²) >= 11 is 0. The van der Waals surface area contributed by atoms with Crippen molar-refractivity contribution in [3.05, 3.63) is 36.5 Å². The van der Waals surface area contributed by atoms with Crippen LogP contribution in [-0.2, 0) is 4.79 Å². The number of amides is 1. The summed E-state index contributed by atoms with van der Waals surface area (Å²) in [5.74, 6) is 4.62. The van der Waals surface area contributed by atoms with Crippen LogP contribution in [0.2, 0.25) is 0 Å². The van der Waals surface area contributed by atoms with Gasteiger partial charge < -0.3 is 0 Å². The lowest BCUT2D eigenvalue weighted by Crippen LogP contribution is -2.30. The molecule has 0 saturated heterocycles. The molecule has 0 spiro atoms. The molecule has 74 valence electrons. The van der Waals surface area contributed by atoms with E-state index in [1.165, 1.54) is 0 Å². The van der Waals surface area contributed by atoms with E-state index in [2.05, 4.69) is 6.58 Å². The number of hydrogen-bond acceptors (Lipinski definition) is 2. The highest BCUT2D eigenvalue weighted by Gasteiger charge is 1.99. The van der Waals surface area contributed by atoms with E-state index in [1.54, 1.807) is 31.2 Å². The summed E-state index contributed by atoms with van der Waals surface area (Å²) in [5, 5.41) is 0. The minimum atomic E-state index is -0.300. The fourth-order valence-corrected chi connectivity index (χ4v) is 0.558. The van der Waals surface area contributed by atoms with Gasteiger partial charge in [-0.05, 0) is 13.0 Å². The standard InChI is InChI=1S/C8H12N2O.C2H6/c1-3-5-6-7(4-2)8(11)10-9;1-2/h3-6H,1,9H2,2H3,(H,10,11);1-2H3/b6-5-,7-4+;. The van der Waals surface area contributed by atoms with Crippen LogP contribution in [-0.4, -0.2) is 5.91 Å². The second-order valence-electron chi connectivity index (χ2n) is 1.81. The molecule has 0 atom stereocenters. The van der Waals surface area contributed by atoms with Crippen molar-refractivity contribution in [2.75, 3.05) is 0 Å². The highest BCUT2D eigenvalue weighted by atomic mass is 16.2. The van der Waals surface area contributed by atoms with Crippen molar-refractivity contribution >= 4 is 5.91 Å². The number of carbonyl (C=O) groups excluding carboxylic acids is 1. The topological polar surface area (TPSA) is 55.1 Å². The van der Waals surface area contributed by atoms with Gasteiger partial charge in [-0.1, -0.05) is 38.7 Å². The number of hydrazine groups is 1. The molecule has 3 heteroatoms. The molecule has 0 fully saturated rings. The van der Waals surface area contributed by atoms with Gasteiger partial charge in [-0.25, -0.2) is 5.84 Å². The molecule has 3 N–H and O–H groups in total. The number of carbonyl (C=O) groups is 1. The Balaban J connectivity index is 0. The van der Waals surface area contributed by atoms with Crippen molar-refractivity contribution in [2.24, 2.45) is 5.84 Å². The zero-order valence-corrected chi connectivity index (χ0v) is 8.50. The van der Waals surface area contributed by atoms with Crippen molar-refractivity contribution in [2.45, 2.75) is 20.8 Å². The zero-order chi connectivity index (χ0) is 10.7. The molecule has 0 aliphatic rings. The molecule has 0 aromatic heterocycles. The second kappa shape index (κ2) is 10.7. The fraction of sp³-hybridized carbons (Fsp3) is 0.300. The molecule has 0 aromatic rings. The molecule has 0 rings (SSSR count). The van der Waals surface area contributed by atoms with E-state index in [-0.39, 0.29) is 5.91 Å². The van der Waals surface area contributed by atoms with Crippen molar-refractivity contribution in [3.8, 4) is 0 Å². The van der Waals surface area contributed by atoms with Crippen LogP contribution in [0.15, 0.2) is 36.5 Å². The normalized spacial score (nSPS) is 10.3. The van der Waals surface area contributed by atoms with Gasteiger partial charge in [0.2, 0.25) is 0 Å². The summed E-state index contributed by atoms with van der Waals surface area (Å²) in [6, 6.07) is 0. The van der Waals surface area contributed by atoms with Gasteiger partial charge in [0, 0.05) is 5.57 Å². The number of nitrogens with one attached hydrogen (secondary N) is 1. The summed E-state index contributed by atoms with van der Waals surface area (Å²) in [6.07, 6.45) is 6.56. The molecule has 0 aliphatic heterocycles. The summed E-state index contributed by atoms with van der Waals surface area (Å²) in [6.45, 7) is 9.24. The van der Waals surface area contributed by atoms with Crippen LogP contribution >= 0.6 is 0 Å².